The number of ether oxygens (including phenoxy) is 1. The molecular formula is C15H22N4O3S. The third-order valence-corrected chi connectivity index (χ3v) is 3.97. The normalized spacial score (nSPS) is 15.2. The van der Waals surface area contributed by atoms with Gasteiger partial charge in [0.2, 0.25) is 0 Å². The Morgan fingerprint density at radius 1 is 1.43 bits per heavy atom. The number of rotatable bonds is 6. The van der Waals surface area contributed by atoms with E-state index in [0.29, 0.717) is 10.8 Å². The van der Waals surface area contributed by atoms with Crippen molar-refractivity contribution in [2.45, 2.75) is 13.3 Å². The molecule has 0 unspecified atom stereocenters. The molecular weight excluding hydrogens is 316 g/mol. The van der Waals surface area contributed by atoms with Gasteiger partial charge in [0.25, 0.3) is 5.69 Å². The smallest absolute Gasteiger partial charge is 0.271 e. The Labute approximate surface area is 141 Å². The molecule has 1 aromatic rings. The van der Waals surface area contributed by atoms with Crippen LogP contribution in [0.2, 0.25) is 0 Å². The molecule has 23 heavy (non-hydrogen) atoms. The zero-order chi connectivity index (χ0) is 16.7. The highest BCUT2D eigenvalue weighted by Gasteiger charge is 2.11. The lowest BCUT2D eigenvalue weighted by Crippen LogP contribution is -2.38. The average molecular weight is 338 g/mol. The predicted octanol–water partition coefficient (Wildman–Crippen LogP) is 1.91. The minimum atomic E-state index is -0.413. The number of benzene rings is 1. The molecule has 8 heteroatoms. The number of nitro benzene ring substituents is 1. The average Bonchev–Trinajstić information content (AvgIpc) is 2.54. The molecule has 1 aromatic carbocycles. The van der Waals surface area contributed by atoms with Crippen LogP contribution in [0, 0.1) is 17.0 Å². The summed E-state index contributed by atoms with van der Waals surface area (Å²) in [6, 6.07) is 4.69. The highest BCUT2D eigenvalue weighted by molar-refractivity contribution is 7.80. The van der Waals surface area contributed by atoms with Gasteiger partial charge in [0.1, 0.15) is 0 Å². The summed E-state index contributed by atoms with van der Waals surface area (Å²) in [7, 11) is 0. The Morgan fingerprint density at radius 3 is 2.87 bits per heavy atom. The van der Waals surface area contributed by atoms with Gasteiger partial charge in [-0.2, -0.15) is 0 Å². The lowest BCUT2D eigenvalue weighted by molar-refractivity contribution is -0.384. The molecule has 0 bridgehead atoms. The number of thiocarbonyl (C=S) groups is 1. The largest absolute Gasteiger partial charge is 0.379 e. The van der Waals surface area contributed by atoms with E-state index in [-0.39, 0.29) is 5.69 Å². The number of anilines is 1. The van der Waals surface area contributed by atoms with Crippen molar-refractivity contribution in [2.24, 2.45) is 0 Å². The van der Waals surface area contributed by atoms with Gasteiger partial charge in [-0.3, -0.25) is 15.0 Å². The molecule has 0 radical (unpaired) electrons. The van der Waals surface area contributed by atoms with E-state index in [9.17, 15) is 10.1 Å². The molecule has 7 nitrogen and oxygen atoms in total. The second-order valence-corrected chi connectivity index (χ2v) is 5.85. The number of hydrogen-bond acceptors (Lipinski definition) is 5. The first-order chi connectivity index (χ1) is 11.1. The number of morpholine rings is 1. The number of nitro groups is 1. The Kier molecular flexibility index (Phi) is 6.69. The molecule has 0 saturated carbocycles. The number of non-ortho nitro benzene ring substituents is 1. The third kappa shape index (κ3) is 5.74. The lowest BCUT2D eigenvalue weighted by Gasteiger charge is -2.26. The van der Waals surface area contributed by atoms with Gasteiger partial charge in [0.05, 0.1) is 18.1 Å². The molecule has 2 N–H and O–H groups in total. The Balaban J connectivity index is 1.74. The van der Waals surface area contributed by atoms with E-state index in [4.69, 9.17) is 17.0 Å². The van der Waals surface area contributed by atoms with E-state index in [1.807, 2.05) is 6.92 Å². The van der Waals surface area contributed by atoms with Crippen LogP contribution in [-0.4, -0.2) is 54.3 Å². The van der Waals surface area contributed by atoms with Crippen molar-refractivity contribution in [3.05, 3.63) is 33.9 Å². The van der Waals surface area contributed by atoms with Gasteiger partial charge < -0.3 is 15.4 Å². The maximum atomic E-state index is 10.8. The second kappa shape index (κ2) is 8.76. The van der Waals surface area contributed by atoms with Crippen molar-refractivity contribution in [2.75, 3.05) is 44.7 Å². The highest BCUT2D eigenvalue weighted by Crippen LogP contribution is 2.21. The van der Waals surface area contributed by atoms with E-state index in [1.54, 1.807) is 6.07 Å². The van der Waals surface area contributed by atoms with Crippen LogP contribution in [0.5, 0.6) is 0 Å². The molecule has 126 valence electrons. The Bertz CT molecular complexity index is 562. The molecule has 0 atom stereocenters. The summed E-state index contributed by atoms with van der Waals surface area (Å²) in [5.41, 5.74) is 1.62. The second-order valence-electron chi connectivity index (χ2n) is 5.44. The zero-order valence-corrected chi connectivity index (χ0v) is 14.0. The molecule has 0 aromatic heterocycles. The van der Waals surface area contributed by atoms with Crippen LogP contribution in [0.15, 0.2) is 18.2 Å². The molecule has 1 aliphatic heterocycles. The molecule has 1 aliphatic rings. The summed E-state index contributed by atoms with van der Waals surface area (Å²) in [6.45, 7) is 7.23. The predicted molar refractivity (Wildman–Crippen MR) is 93.9 cm³/mol. The number of nitrogens with one attached hydrogen (secondary N) is 2. The Morgan fingerprint density at radius 2 is 2.17 bits per heavy atom. The van der Waals surface area contributed by atoms with Crippen molar-refractivity contribution < 1.29 is 9.66 Å². The number of aryl methyl sites for hydroxylation is 1. The van der Waals surface area contributed by atoms with E-state index in [2.05, 4.69) is 15.5 Å². The van der Waals surface area contributed by atoms with Crippen molar-refractivity contribution in [3.63, 3.8) is 0 Å². The highest BCUT2D eigenvalue weighted by atomic mass is 32.1. The maximum Gasteiger partial charge on any atom is 0.271 e. The van der Waals surface area contributed by atoms with Crippen molar-refractivity contribution in [1.29, 1.82) is 0 Å². The summed E-state index contributed by atoms with van der Waals surface area (Å²) >= 11 is 5.25. The molecule has 1 saturated heterocycles. The quantitative estimate of drug-likeness (QED) is 0.355. The van der Waals surface area contributed by atoms with Gasteiger partial charge in [0, 0.05) is 37.5 Å². The molecule has 2 rings (SSSR count). The first-order valence-corrected chi connectivity index (χ1v) is 8.07. The van der Waals surface area contributed by atoms with Crippen molar-refractivity contribution in [1.82, 2.24) is 10.2 Å². The topological polar surface area (TPSA) is 79.7 Å². The molecule has 0 aliphatic carbocycles. The van der Waals surface area contributed by atoms with Crippen LogP contribution in [0.25, 0.3) is 0 Å². The van der Waals surface area contributed by atoms with Crippen LogP contribution in [0.4, 0.5) is 11.4 Å². The molecule has 0 amide bonds. The van der Waals surface area contributed by atoms with Gasteiger partial charge in [-0.25, -0.2) is 0 Å². The molecule has 1 fully saturated rings. The summed E-state index contributed by atoms with van der Waals surface area (Å²) in [4.78, 5) is 12.8. The van der Waals surface area contributed by atoms with Crippen LogP contribution >= 0.6 is 12.2 Å². The fourth-order valence-electron chi connectivity index (χ4n) is 2.35. The van der Waals surface area contributed by atoms with E-state index in [1.165, 1.54) is 12.1 Å². The lowest BCUT2D eigenvalue weighted by atomic mass is 10.2. The van der Waals surface area contributed by atoms with E-state index < -0.39 is 4.92 Å². The zero-order valence-electron chi connectivity index (χ0n) is 13.2. The SMILES string of the molecule is Cc1ccc([N+](=O)[O-])cc1NC(=S)NCCCN1CCOCC1. The van der Waals surface area contributed by atoms with Gasteiger partial charge in [-0.1, -0.05) is 6.07 Å². The summed E-state index contributed by atoms with van der Waals surface area (Å²) in [5, 5.41) is 17.5. The van der Waals surface area contributed by atoms with Crippen LogP contribution in [0.3, 0.4) is 0 Å². The standard InChI is InChI=1S/C15H22N4O3S/c1-12-3-4-13(19(20)21)11-14(12)17-15(23)16-5-2-6-18-7-9-22-10-8-18/h3-4,11H,2,5-10H2,1H3,(H2,16,17,23). The summed E-state index contributed by atoms with van der Waals surface area (Å²) in [5.74, 6) is 0. The van der Waals surface area contributed by atoms with E-state index >= 15 is 0 Å². The van der Waals surface area contributed by atoms with Crippen molar-refractivity contribution >= 4 is 28.7 Å². The summed E-state index contributed by atoms with van der Waals surface area (Å²) < 4.78 is 5.31. The van der Waals surface area contributed by atoms with Crippen molar-refractivity contribution in [3.8, 4) is 0 Å². The van der Waals surface area contributed by atoms with Crippen LogP contribution < -0.4 is 10.6 Å². The van der Waals surface area contributed by atoms with Gasteiger partial charge in [0.15, 0.2) is 5.11 Å². The first-order valence-electron chi connectivity index (χ1n) is 7.66. The summed E-state index contributed by atoms with van der Waals surface area (Å²) in [6.07, 6.45) is 0.982. The van der Waals surface area contributed by atoms with E-state index in [0.717, 1.165) is 51.4 Å². The minimum Gasteiger partial charge on any atom is -0.379 e. The first kappa shape index (κ1) is 17.6. The fraction of sp³-hybridized carbons (Fsp3) is 0.533. The van der Waals surface area contributed by atoms with Gasteiger partial charge >= 0.3 is 0 Å². The fourth-order valence-corrected chi connectivity index (χ4v) is 2.57. The monoisotopic (exact) mass is 338 g/mol. The molecule has 0 spiro atoms. The Hall–Kier alpha value is -1.77. The number of nitrogens with zero attached hydrogens (tertiary/aromatic N) is 2. The minimum absolute atomic E-state index is 0.0493. The van der Waals surface area contributed by atoms with Gasteiger partial charge in [-0.15, -0.1) is 0 Å². The maximum absolute atomic E-state index is 10.8. The number of hydrogen-bond donors (Lipinski definition) is 2. The van der Waals surface area contributed by atoms with Gasteiger partial charge in [-0.05, 0) is 37.7 Å². The molecule has 1 heterocycles. The van der Waals surface area contributed by atoms with Crippen LogP contribution in [0.1, 0.15) is 12.0 Å². The van der Waals surface area contributed by atoms with Crippen LogP contribution in [-0.2, 0) is 4.74 Å². The third-order valence-electron chi connectivity index (χ3n) is 3.72.